The van der Waals surface area contributed by atoms with Gasteiger partial charge in [-0.3, -0.25) is 14.6 Å². The Bertz CT molecular complexity index is 1070. The molecule has 8 heteroatoms. The highest BCUT2D eigenvalue weighted by Crippen LogP contribution is 2.16. The van der Waals surface area contributed by atoms with E-state index in [0.717, 1.165) is 18.2 Å². The van der Waals surface area contributed by atoms with Gasteiger partial charge in [-0.2, -0.15) is 5.10 Å². The standard InChI is InChI=1S/C19H21N5O3/c1-12(24-18(26)15-5-3-2-4-13(15)11-20-24)16-10-17(25)23-19(22-16)21-14-6-8-27-9-7-14/h2-5,10-12,14H,6-9H2,1H3,(H2,21,22,23,25)/t12-/m1/s1. The van der Waals surface area contributed by atoms with Crippen LogP contribution in [0.25, 0.3) is 10.8 Å². The average molecular weight is 367 g/mol. The highest BCUT2D eigenvalue weighted by Gasteiger charge is 2.18. The third kappa shape index (κ3) is 3.61. The lowest BCUT2D eigenvalue weighted by Gasteiger charge is -2.23. The number of H-pyrrole nitrogens is 1. The lowest BCUT2D eigenvalue weighted by molar-refractivity contribution is 0.0903. The summed E-state index contributed by atoms with van der Waals surface area (Å²) in [7, 11) is 0. The van der Waals surface area contributed by atoms with E-state index < -0.39 is 6.04 Å². The van der Waals surface area contributed by atoms with E-state index in [9.17, 15) is 9.59 Å². The Kier molecular flexibility index (Phi) is 4.72. The van der Waals surface area contributed by atoms with Crippen LogP contribution in [-0.2, 0) is 4.74 Å². The molecule has 0 amide bonds. The fourth-order valence-electron chi connectivity index (χ4n) is 3.30. The molecule has 0 saturated carbocycles. The molecule has 27 heavy (non-hydrogen) atoms. The summed E-state index contributed by atoms with van der Waals surface area (Å²) in [6.07, 6.45) is 3.37. The SMILES string of the molecule is C[C@H](c1cc(=O)[nH]c(NC2CCOCC2)n1)n1ncc2ccccc2c1=O. The molecular formula is C19H21N5O3. The van der Waals surface area contributed by atoms with Gasteiger partial charge in [0.05, 0.1) is 23.3 Å². The molecule has 3 heterocycles. The van der Waals surface area contributed by atoms with Gasteiger partial charge in [-0.25, -0.2) is 9.67 Å². The van der Waals surface area contributed by atoms with E-state index in [-0.39, 0.29) is 17.2 Å². The molecule has 0 bridgehead atoms. The maximum absolute atomic E-state index is 12.8. The first kappa shape index (κ1) is 17.4. The summed E-state index contributed by atoms with van der Waals surface area (Å²) in [6.45, 7) is 3.19. The number of benzene rings is 1. The number of nitrogens with one attached hydrogen (secondary N) is 2. The van der Waals surface area contributed by atoms with Crippen molar-refractivity contribution in [2.45, 2.75) is 31.8 Å². The molecule has 0 radical (unpaired) electrons. The minimum Gasteiger partial charge on any atom is -0.381 e. The zero-order valence-electron chi connectivity index (χ0n) is 15.0. The Morgan fingerprint density at radius 1 is 1.26 bits per heavy atom. The maximum atomic E-state index is 12.8. The topological polar surface area (TPSA) is 102 Å². The molecule has 1 aromatic carbocycles. The number of aromatic amines is 1. The van der Waals surface area contributed by atoms with Gasteiger partial charge in [0.25, 0.3) is 11.1 Å². The second-order valence-electron chi connectivity index (χ2n) is 6.71. The predicted molar refractivity (Wildman–Crippen MR) is 102 cm³/mol. The summed E-state index contributed by atoms with van der Waals surface area (Å²) in [5.41, 5.74) is 0.00931. The average Bonchev–Trinajstić information content (AvgIpc) is 2.68. The van der Waals surface area contributed by atoms with Crippen LogP contribution < -0.4 is 16.4 Å². The van der Waals surface area contributed by atoms with Gasteiger partial charge in [0, 0.05) is 30.7 Å². The minimum atomic E-state index is -0.473. The normalized spacial score (nSPS) is 16.3. The van der Waals surface area contributed by atoms with Crippen molar-refractivity contribution in [2.24, 2.45) is 0 Å². The molecule has 3 aromatic rings. The molecule has 140 valence electrons. The number of nitrogens with zero attached hydrogens (tertiary/aromatic N) is 3. The monoisotopic (exact) mass is 367 g/mol. The lowest BCUT2D eigenvalue weighted by atomic mass is 10.1. The fraction of sp³-hybridized carbons (Fsp3) is 0.368. The van der Waals surface area contributed by atoms with Gasteiger partial charge in [0.1, 0.15) is 0 Å². The molecule has 2 aromatic heterocycles. The van der Waals surface area contributed by atoms with Gasteiger partial charge in [-0.15, -0.1) is 0 Å². The smallest absolute Gasteiger partial charge is 0.275 e. The van der Waals surface area contributed by atoms with Crippen molar-refractivity contribution < 1.29 is 4.74 Å². The minimum absolute atomic E-state index is 0.203. The van der Waals surface area contributed by atoms with Crippen LogP contribution in [0.4, 0.5) is 5.95 Å². The Labute approximate surface area is 155 Å². The van der Waals surface area contributed by atoms with Gasteiger partial charge in [0.2, 0.25) is 5.95 Å². The van der Waals surface area contributed by atoms with E-state index >= 15 is 0 Å². The molecular weight excluding hydrogens is 346 g/mol. The summed E-state index contributed by atoms with van der Waals surface area (Å²) in [5, 5.41) is 8.90. The molecule has 0 unspecified atom stereocenters. The van der Waals surface area contributed by atoms with Crippen LogP contribution in [-0.4, -0.2) is 39.0 Å². The van der Waals surface area contributed by atoms with E-state index in [2.05, 4.69) is 20.4 Å². The third-order valence-electron chi connectivity index (χ3n) is 4.84. The van der Waals surface area contributed by atoms with Crippen molar-refractivity contribution in [1.82, 2.24) is 19.7 Å². The maximum Gasteiger partial charge on any atom is 0.275 e. The number of anilines is 1. The van der Waals surface area contributed by atoms with E-state index in [1.54, 1.807) is 12.3 Å². The fourth-order valence-corrected chi connectivity index (χ4v) is 3.30. The number of rotatable bonds is 4. The molecule has 1 aliphatic rings. The predicted octanol–water partition coefficient (Wildman–Crippen LogP) is 1.68. The first-order valence-corrected chi connectivity index (χ1v) is 9.04. The Morgan fingerprint density at radius 3 is 2.85 bits per heavy atom. The number of ether oxygens (including phenoxy) is 1. The molecule has 2 N–H and O–H groups in total. The highest BCUT2D eigenvalue weighted by molar-refractivity contribution is 5.80. The summed E-state index contributed by atoms with van der Waals surface area (Å²) in [5.74, 6) is 0.407. The molecule has 0 spiro atoms. The van der Waals surface area contributed by atoms with Crippen LogP contribution in [0.1, 0.15) is 31.5 Å². The number of fused-ring (bicyclic) bond motifs is 1. The third-order valence-corrected chi connectivity index (χ3v) is 4.84. The molecule has 1 fully saturated rings. The second kappa shape index (κ2) is 7.32. The van der Waals surface area contributed by atoms with Gasteiger partial charge in [0.15, 0.2) is 0 Å². The summed E-state index contributed by atoms with van der Waals surface area (Å²) in [6, 6.07) is 8.44. The molecule has 0 aliphatic carbocycles. The highest BCUT2D eigenvalue weighted by atomic mass is 16.5. The van der Waals surface area contributed by atoms with Crippen molar-refractivity contribution in [3.05, 3.63) is 62.9 Å². The van der Waals surface area contributed by atoms with Crippen molar-refractivity contribution in [1.29, 1.82) is 0 Å². The Morgan fingerprint density at radius 2 is 2.04 bits per heavy atom. The first-order valence-electron chi connectivity index (χ1n) is 9.04. The van der Waals surface area contributed by atoms with Gasteiger partial charge >= 0.3 is 0 Å². The number of hydrogen-bond donors (Lipinski definition) is 2. The van der Waals surface area contributed by atoms with Crippen molar-refractivity contribution in [3.63, 3.8) is 0 Å². The van der Waals surface area contributed by atoms with Gasteiger partial charge < -0.3 is 10.1 Å². The Hall–Kier alpha value is -3.00. The number of aromatic nitrogens is 4. The van der Waals surface area contributed by atoms with Crippen LogP contribution in [0.3, 0.4) is 0 Å². The van der Waals surface area contributed by atoms with Gasteiger partial charge in [-0.05, 0) is 25.8 Å². The lowest BCUT2D eigenvalue weighted by Crippen LogP contribution is -2.31. The Balaban J connectivity index is 1.67. The van der Waals surface area contributed by atoms with Crippen LogP contribution in [0.15, 0.2) is 46.1 Å². The number of hydrogen-bond acceptors (Lipinski definition) is 6. The molecule has 8 nitrogen and oxygen atoms in total. The van der Waals surface area contributed by atoms with Crippen molar-refractivity contribution in [3.8, 4) is 0 Å². The van der Waals surface area contributed by atoms with Crippen molar-refractivity contribution >= 4 is 16.7 Å². The summed E-state index contributed by atoms with van der Waals surface area (Å²) >= 11 is 0. The van der Waals surface area contributed by atoms with E-state index in [1.165, 1.54) is 10.7 Å². The first-order chi connectivity index (χ1) is 13.1. The molecule has 1 aliphatic heterocycles. The van der Waals surface area contributed by atoms with Crippen LogP contribution in [0, 0.1) is 0 Å². The second-order valence-corrected chi connectivity index (χ2v) is 6.71. The molecule has 1 atom stereocenters. The largest absolute Gasteiger partial charge is 0.381 e. The van der Waals surface area contributed by atoms with Gasteiger partial charge in [-0.1, -0.05) is 18.2 Å². The van der Waals surface area contributed by atoms with Crippen LogP contribution >= 0.6 is 0 Å². The molecule has 1 saturated heterocycles. The van der Waals surface area contributed by atoms with E-state index in [4.69, 9.17) is 4.74 Å². The quantitative estimate of drug-likeness (QED) is 0.727. The zero-order valence-corrected chi connectivity index (χ0v) is 15.0. The molecule has 4 rings (SSSR count). The van der Waals surface area contributed by atoms with Crippen LogP contribution in [0.5, 0.6) is 0 Å². The summed E-state index contributed by atoms with van der Waals surface area (Å²) in [4.78, 5) is 32.1. The summed E-state index contributed by atoms with van der Waals surface area (Å²) < 4.78 is 6.71. The zero-order chi connectivity index (χ0) is 18.8. The van der Waals surface area contributed by atoms with Crippen LogP contribution in [0.2, 0.25) is 0 Å². The van der Waals surface area contributed by atoms with E-state index in [1.807, 2.05) is 25.1 Å². The van der Waals surface area contributed by atoms with E-state index in [0.29, 0.717) is 30.2 Å². The van der Waals surface area contributed by atoms with Crippen molar-refractivity contribution in [2.75, 3.05) is 18.5 Å².